The molecule has 3 aliphatic carbocycles. The largest absolute Gasteiger partial charge is 0.453 e. The number of methoxy groups -OCH3 is 2. The number of H-pyrrole nitrogens is 1. The lowest BCUT2D eigenvalue weighted by atomic mass is 9.78. The molecule has 3 aromatic rings. The number of ether oxygens (including phenoxy) is 2. The first kappa shape index (κ1) is 40.4. The van der Waals surface area contributed by atoms with E-state index in [-0.39, 0.29) is 53.6 Å². The first-order valence-corrected chi connectivity index (χ1v) is 21.6. The highest BCUT2D eigenvalue weighted by Crippen LogP contribution is 2.57. The summed E-state index contributed by atoms with van der Waals surface area (Å²) in [6.45, 7) is 8.38. The summed E-state index contributed by atoms with van der Waals surface area (Å²) in [4.78, 5) is 62.5. The van der Waals surface area contributed by atoms with Crippen molar-refractivity contribution in [2.45, 2.75) is 109 Å². The van der Waals surface area contributed by atoms with Gasteiger partial charge in [0.2, 0.25) is 11.8 Å². The average Bonchev–Trinajstić information content (AvgIpc) is 4.11. The molecule has 13 nitrogen and oxygen atoms in total. The number of aromatic nitrogens is 2. The lowest BCUT2D eigenvalue weighted by Gasteiger charge is -2.36. The van der Waals surface area contributed by atoms with E-state index in [0.29, 0.717) is 18.4 Å². The van der Waals surface area contributed by atoms with E-state index in [1.54, 1.807) is 0 Å². The molecular weight excluding hydrogens is 747 g/mol. The number of benzene rings is 2. The third-order valence-electron chi connectivity index (χ3n) is 13.8. The van der Waals surface area contributed by atoms with Crippen LogP contribution in [0.25, 0.3) is 28.1 Å². The maximum absolute atomic E-state index is 14.0. The fourth-order valence-corrected chi connectivity index (χ4v) is 11.0. The number of hydrazine groups is 1. The van der Waals surface area contributed by atoms with Crippen molar-refractivity contribution < 1.29 is 28.7 Å². The molecule has 3 saturated carbocycles. The molecule has 4 fully saturated rings. The van der Waals surface area contributed by atoms with Gasteiger partial charge in [0.25, 0.3) is 0 Å². The van der Waals surface area contributed by atoms with Crippen LogP contribution < -0.4 is 16.1 Å². The fourth-order valence-electron chi connectivity index (χ4n) is 11.0. The van der Waals surface area contributed by atoms with Crippen LogP contribution in [0.4, 0.5) is 9.59 Å². The van der Waals surface area contributed by atoms with E-state index in [2.05, 4.69) is 69.6 Å². The van der Waals surface area contributed by atoms with Gasteiger partial charge in [-0.2, -0.15) is 0 Å². The van der Waals surface area contributed by atoms with Gasteiger partial charge in [-0.05, 0) is 111 Å². The van der Waals surface area contributed by atoms with E-state index in [1.165, 1.54) is 30.5 Å². The lowest BCUT2D eigenvalue weighted by Crippen LogP contribution is -2.56. The van der Waals surface area contributed by atoms with Crippen molar-refractivity contribution in [1.29, 1.82) is 0 Å². The number of imidazole rings is 1. The highest BCUT2D eigenvalue weighted by atomic mass is 16.5. The summed E-state index contributed by atoms with van der Waals surface area (Å²) in [6.07, 6.45) is 8.90. The summed E-state index contributed by atoms with van der Waals surface area (Å²) >= 11 is 0. The maximum Gasteiger partial charge on any atom is 0.425 e. The first-order chi connectivity index (χ1) is 28.5. The molecule has 4 amide bonds. The van der Waals surface area contributed by atoms with E-state index in [4.69, 9.17) is 14.5 Å². The lowest BCUT2D eigenvalue weighted by molar-refractivity contribution is -0.143. The zero-order valence-corrected chi connectivity index (χ0v) is 35.1. The molecule has 3 heterocycles. The number of hydrogen-bond donors (Lipinski definition) is 4. The first-order valence-electron chi connectivity index (χ1n) is 21.6. The van der Waals surface area contributed by atoms with Gasteiger partial charge in [-0.15, -0.1) is 0 Å². The minimum Gasteiger partial charge on any atom is -0.453 e. The van der Waals surface area contributed by atoms with Gasteiger partial charge in [0.1, 0.15) is 11.9 Å². The maximum atomic E-state index is 14.0. The molecule has 1 saturated heterocycles. The van der Waals surface area contributed by atoms with Gasteiger partial charge in [0, 0.05) is 30.1 Å². The highest BCUT2D eigenvalue weighted by Gasteiger charge is 2.54. The van der Waals surface area contributed by atoms with Crippen LogP contribution in [0, 0.1) is 29.6 Å². The predicted molar refractivity (Wildman–Crippen MR) is 224 cm³/mol. The molecule has 0 radical (unpaired) electrons. The average molecular weight is 806 g/mol. The number of amides is 4. The number of alkyl carbamates (subject to hydrolysis) is 1. The van der Waals surface area contributed by atoms with Gasteiger partial charge in [0.05, 0.1) is 44.1 Å². The van der Waals surface area contributed by atoms with E-state index in [0.717, 1.165) is 85.1 Å². The molecule has 59 heavy (non-hydrogen) atoms. The number of hydrogen-bond acceptors (Lipinski definition) is 8. The smallest absolute Gasteiger partial charge is 0.425 e. The van der Waals surface area contributed by atoms with Crippen molar-refractivity contribution in [1.82, 2.24) is 35.9 Å². The topological polar surface area (TPSA) is 158 Å². The van der Waals surface area contributed by atoms with E-state index in [1.807, 2.05) is 38.8 Å². The minimum absolute atomic E-state index is 0.0308. The summed E-state index contributed by atoms with van der Waals surface area (Å²) in [5.74, 6) is 1.36. The second kappa shape index (κ2) is 16.7. The molecule has 0 spiro atoms. The Kier molecular flexibility index (Phi) is 11.5. The molecule has 5 aliphatic rings. The number of nitrogens with zero attached hydrogens (tertiary/aromatic N) is 3. The molecule has 2 aliphatic heterocycles. The minimum atomic E-state index is -0.651. The summed E-state index contributed by atoms with van der Waals surface area (Å²) in [6, 6.07) is 16.6. The molecule has 2 bridgehead atoms. The van der Waals surface area contributed by atoms with Crippen molar-refractivity contribution in [2.24, 2.45) is 29.6 Å². The van der Waals surface area contributed by atoms with Gasteiger partial charge in [0.15, 0.2) is 0 Å². The monoisotopic (exact) mass is 805 g/mol. The summed E-state index contributed by atoms with van der Waals surface area (Å²) < 4.78 is 9.65. The van der Waals surface area contributed by atoms with E-state index < -0.39 is 18.2 Å². The Bertz CT molecular complexity index is 2080. The number of carbonyl (C=O) groups is 4. The van der Waals surface area contributed by atoms with Gasteiger partial charge in [-0.1, -0.05) is 62.4 Å². The zero-order valence-electron chi connectivity index (χ0n) is 35.1. The van der Waals surface area contributed by atoms with Crippen molar-refractivity contribution in [2.75, 3.05) is 20.8 Å². The van der Waals surface area contributed by atoms with Crippen LogP contribution in [-0.4, -0.2) is 88.8 Å². The van der Waals surface area contributed by atoms with Crippen molar-refractivity contribution in [3.8, 4) is 22.4 Å². The van der Waals surface area contributed by atoms with Gasteiger partial charge in [-0.3, -0.25) is 9.59 Å². The van der Waals surface area contributed by atoms with Crippen LogP contribution in [0.2, 0.25) is 0 Å². The summed E-state index contributed by atoms with van der Waals surface area (Å²) in [7, 11) is 2.62. The predicted octanol–water partition coefficient (Wildman–Crippen LogP) is 7.24. The van der Waals surface area contributed by atoms with Gasteiger partial charge < -0.3 is 30.0 Å². The number of aromatic amines is 1. The standard InChI is InChI=1S/C46H59N7O6/c1-25(2)39(50-45(56)58-5)44(55)52-22-8-11-36(52)41-34-10-7-9-33(34)40(49-41)30-18-14-28(15-19-30)27-12-16-29(17-13-27)35-24-47-42(48-35)37-31-20-21-32(23-31)38(37)43(54)53(26(3)4)51-46(57)59-6/h12-19,24-26,31-32,34,36-39,41,49H,7-11,20-23H2,1-6H3,(H,47,48)(H,50,56)(H,51,57)/t31?,32?,34?,36-,37?,38-,39-,41?/m0/s1. The van der Waals surface area contributed by atoms with Crippen molar-refractivity contribution >= 4 is 29.7 Å². The van der Waals surface area contributed by atoms with Crippen LogP contribution in [0.1, 0.15) is 96.4 Å². The van der Waals surface area contributed by atoms with E-state index in [9.17, 15) is 19.2 Å². The number of rotatable bonds is 10. The Morgan fingerprint density at radius 1 is 0.831 bits per heavy atom. The SMILES string of the molecule is COC(=O)N[C@H](C(=O)N1CCC[C@H]1C1NC(c2ccc(-c3ccc(-c4cnc(C5C6CCC(C6)[C@@H]5C(=O)N(NC(=O)OC)C(C)C)[nH]4)cc3)cc2)=C2CCCC21)C(C)C. The number of fused-ring (bicyclic) bond motifs is 3. The molecule has 8 atom stereocenters. The molecule has 1 aromatic heterocycles. The summed E-state index contributed by atoms with van der Waals surface area (Å²) in [5, 5.41) is 8.13. The Balaban J connectivity index is 0.950. The van der Waals surface area contributed by atoms with Crippen molar-refractivity contribution in [3.63, 3.8) is 0 Å². The second-order valence-electron chi connectivity index (χ2n) is 17.8. The molecule has 314 valence electrons. The quantitative estimate of drug-likeness (QED) is 0.156. The zero-order chi connectivity index (χ0) is 41.5. The molecule has 13 heteroatoms. The molecule has 2 aromatic carbocycles. The highest BCUT2D eigenvalue weighted by molar-refractivity contribution is 5.87. The molecule has 5 unspecified atom stereocenters. The van der Waals surface area contributed by atoms with Crippen molar-refractivity contribution in [3.05, 3.63) is 71.7 Å². The Hall–Kier alpha value is -5.33. The third-order valence-corrected chi connectivity index (χ3v) is 13.8. The van der Waals surface area contributed by atoms with E-state index >= 15 is 0 Å². The normalized spacial score (nSPS) is 26.2. The molecular formula is C46H59N7O6. The molecule has 4 N–H and O–H groups in total. The Labute approximate surface area is 347 Å². The van der Waals surface area contributed by atoms with Crippen LogP contribution in [0.15, 0.2) is 60.3 Å². The number of nitrogens with one attached hydrogen (secondary N) is 4. The van der Waals surface area contributed by atoms with Crippen LogP contribution in [0.3, 0.4) is 0 Å². The van der Waals surface area contributed by atoms with Gasteiger partial charge >= 0.3 is 12.2 Å². The summed E-state index contributed by atoms with van der Waals surface area (Å²) in [5.41, 5.74) is 10.6. The third kappa shape index (κ3) is 7.68. The number of carbonyl (C=O) groups excluding carboxylic acids is 4. The second-order valence-corrected chi connectivity index (χ2v) is 17.8. The number of likely N-dealkylation sites (tertiary alicyclic amines) is 1. The molecule has 8 rings (SSSR count). The van der Waals surface area contributed by atoms with Crippen LogP contribution >= 0.6 is 0 Å². The van der Waals surface area contributed by atoms with Gasteiger partial charge in [-0.25, -0.2) is 25.0 Å². The fraction of sp³-hybridized carbons (Fsp3) is 0.543. The van der Waals surface area contributed by atoms with Crippen LogP contribution in [-0.2, 0) is 19.1 Å². The van der Waals surface area contributed by atoms with Crippen LogP contribution in [0.5, 0.6) is 0 Å². The Morgan fingerprint density at radius 3 is 2.15 bits per heavy atom. The Morgan fingerprint density at radius 2 is 1.49 bits per heavy atom.